The van der Waals surface area contributed by atoms with Crippen LogP contribution in [0.4, 0.5) is 0 Å². The third-order valence-electron chi connectivity index (χ3n) is 14.1. The standard InChI is InChI=1S/C70H122O6/c1-4-7-10-13-16-19-22-25-28-30-32-34-36-37-39-42-45-48-51-54-57-60-63-69(72)75-66-67(65-74-68(71)62-59-56-53-50-47-44-41-27-24-21-18-15-12-9-6-3)76-70(73)64-61-58-55-52-49-46-43-40-38-35-33-31-29-26-23-20-17-14-11-8-5-2/h8,11,17-18,20-21,26-27,29,33,35,40-41,43,67H,4-7,9-10,12-16,19,22-25,28,30-32,34,36-39,42,44-66H2,1-3H3/b11-8-,20-17-,21-18-,29-26-,35-33-,41-27-,43-40-. The van der Waals surface area contributed by atoms with Gasteiger partial charge in [0.05, 0.1) is 0 Å². The highest BCUT2D eigenvalue weighted by Crippen LogP contribution is 2.17. The molecule has 0 saturated carbocycles. The second-order valence-corrected chi connectivity index (χ2v) is 21.6. The summed E-state index contributed by atoms with van der Waals surface area (Å²) >= 11 is 0. The maximum absolute atomic E-state index is 12.9. The van der Waals surface area contributed by atoms with Gasteiger partial charge in [-0.25, -0.2) is 0 Å². The molecule has 0 N–H and O–H groups in total. The number of allylic oxidation sites excluding steroid dienone is 14. The molecule has 76 heavy (non-hydrogen) atoms. The molecule has 0 bridgehead atoms. The highest BCUT2D eigenvalue weighted by atomic mass is 16.6. The van der Waals surface area contributed by atoms with E-state index in [0.29, 0.717) is 19.3 Å². The molecule has 0 spiro atoms. The van der Waals surface area contributed by atoms with Crippen molar-refractivity contribution < 1.29 is 28.6 Å². The van der Waals surface area contributed by atoms with Crippen LogP contribution in [0, 0.1) is 0 Å². The third kappa shape index (κ3) is 61.4. The molecule has 1 unspecified atom stereocenters. The molecule has 438 valence electrons. The molecular formula is C70H122O6. The molecule has 1 atom stereocenters. The summed E-state index contributed by atoms with van der Waals surface area (Å²) in [6.45, 7) is 6.51. The zero-order chi connectivity index (χ0) is 55.0. The lowest BCUT2D eigenvalue weighted by atomic mass is 10.0. The Morgan fingerprint density at radius 2 is 0.513 bits per heavy atom. The number of rotatable bonds is 59. The van der Waals surface area contributed by atoms with E-state index in [2.05, 4.69) is 106 Å². The number of ether oxygens (including phenoxy) is 3. The Hall–Kier alpha value is -3.41. The van der Waals surface area contributed by atoms with Gasteiger partial charge >= 0.3 is 17.9 Å². The van der Waals surface area contributed by atoms with Crippen LogP contribution in [0.15, 0.2) is 85.1 Å². The zero-order valence-corrected chi connectivity index (χ0v) is 50.3. The van der Waals surface area contributed by atoms with E-state index in [1.807, 2.05) is 0 Å². The van der Waals surface area contributed by atoms with E-state index in [1.54, 1.807) is 0 Å². The minimum atomic E-state index is -0.794. The van der Waals surface area contributed by atoms with Gasteiger partial charge in [-0.05, 0) is 96.3 Å². The smallest absolute Gasteiger partial charge is 0.306 e. The molecule has 0 aliphatic heterocycles. The molecular weight excluding hydrogens is 937 g/mol. The minimum absolute atomic E-state index is 0.0867. The van der Waals surface area contributed by atoms with Crippen molar-refractivity contribution in [2.24, 2.45) is 0 Å². The number of esters is 3. The SMILES string of the molecule is CC/C=C\C/C=C\C/C=C\C/C=C\C/C=C\CCCCCCCC(=O)OC(COC(=O)CCCCCCC/C=C\C/C=C\CCCCC)COC(=O)CCCCCCCCCCCCCCCCCCCCCCCC. The summed E-state index contributed by atoms with van der Waals surface area (Å²) in [6.07, 6.45) is 84.5. The molecule has 0 aromatic heterocycles. The van der Waals surface area contributed by atoms with E-state index in [9.17, 15) is 14.4 Å². The van der Waals surface area contributed by atoms with Crippen molar-refractivity contribution in [3.8, 4) is 0 Å². The van der Waals surface area contributed by atoms with E-state index >= 15 is 0 Å². The predicted molar refractivity (Wildman–Crippen MR) is 330 cm³/mol. The zero-order valence-electron chi connectivity index (χ0n) is 50.3. The molecule has 0 radical (unpaired) electrons. The first-order valence-corrected chi connectivity index (χ1v) is 32.6. The highest BCUT2D eigenvalue weighted by Gasteiger charge is 2.19. The van der Waals surface area contributed by atoms with E-state index in [0.717, 1.165) is 128 Å². The van der Waals surface area contributed by atoms with Crippen molar-refractivity contribution in [1.82, 2.24) is 0 Å². The largest absolute Gasteiger partial charge is 0.462 e. The van der Waals surface area contributed by atoms with E-state index in [1.165, 1.54) is 154 Å². The first-order chi connectivity index (χ1) is 37.5. The number of carbonyl (C=O) groups is 3. The van der Waals surface area contributed by atoms with Crippen LogP contribution >= 0.6 is 0 Å². The molecule has 0 aliphatic rings. The second-order valence-electron chi connectivity index (χ2n) is 21.6. The van der Waals surface area contributed by atoms with Gasteiger partial charge in [0.15, 0.2) is 6.10 Å². The monoisotopic (exact) mass is 1060 g/mol. The average Bonchev–Trinajstić information content (AvgIpc) is 3.42. The van der Waals surface area contributed by atoms with Gasteiger partial charge in [-0.15, -0.1) is 0 Å². The molecule has 0 amide bonds. The Balaban J connectivity index is 4.38. The summed E-state index contributed by atoms with van der Waals surface area (Å²) in [7, 11) is 0. The van der Waals surface area contributed by atoms with Crippen molar-refractivity contribution in [3.05, 3.63) is 85.1 Å². The van der Waals surface area contributed by atoms with Crippen molar-refractivity contribution in [3.63, 3.8) is 0 Å². The summed E-state index contributed by atoms with van der Waals surface area (Å²) in [5.41, 5.74) is 0. The summed E-state index contributed by atoms with van der Waals surface area (Å²) in [5.74, 6) is -0.906. The number of hydrogen-bond acceptors (Lipinski definition) is 6. The summed E-state index contributed by atoms with van der Waals surface area (Å²) in [4.78, 5) is 38.3. The van der Waals surface area contributed by atoms with Gasteiger partial charge in [-0.1, -0.05) is 292 Å². The van der Waals surface area contributed by atoms with Crippen LogP contribution in [0.2, 0.25) is 0 Å². The van der Waals surface area contributed by atoms with Gasteiger partial charge in [0.2, 0.25) is 0 Å². The Labute approximate surface area is 471 Å². The highest BCUT2D eigenvalue weighted by molar-refractivity contribution is 5.71. The molecule has 6 nitrogen and oxygen atoms in total. The number of carbonyl (C=O) groups excluding carboxylic acids is 3. The van der Waals surface area contributed by atoms with Crippen molar-refractivity contribution >= 4 is 17.9 Å². The molecule has 6 heteroatoms. The van der Waals surface area contributed by atoms with Crippen LogP contribution in [0.3, 0.4) is 0 Å². The van der Waals surface area contributed by atoms with Crippen molar-refractivity contribution in [2.45, 2.75) is 329 Å². The second kappa shape index (κ2) is 64.1. The van der Waals surface area contributed by atoms with Crippen LogP contribution in [0.5, 0.6) is 0 Å². The van der Waals surface area contributed by atoms with Crippen molar-refractivity contribution in [1.29, 1.82) is 0 Å². The minimum Gasteiger partial charge on any atom is -0.462 e. The number of hydrogen-bond donors (Lipinski definition) is 0. The molecule has 0 aliphatic carbocycles. The van der Waals surface area contributed by atoms with Crippen LogP contribution in [0.25, 0.3) is 0 Å². The van der Waals surface area contributed by atoms with Crippen molar-refractivity contribution in [2.75, 3.05) is 13.2 Å². The third-order valence-corrected chi connectivity index (χ3v) is 14.1. The quantitative estimate of drug-likeness (QED) is 0.0261. The molecule has 0 saturated heterocycles. The van der Waals surface area contributed by atoms with Crippen LogP contribution in [0.1, 0.15) is 323 Å². The lowest BCUT2D eigenvalue weighted by molar-refractivity contribution is -0.167. The van der Waals surface area contributed by atoms with Crippen LogP contribution in [-0.2, 0) is 28.6 Å². The molecule has 0 heterocycles. The van der Waals surface area contributed by atoms with E-state index in [4.69, 9.17) is 14.2 Å². The average molecular weight is 1060 g/mol. The Morgan fingerprint density at radius 3 is 0.829 bits per heavy atom. The lowest BCUT2D eigenvalue weighted by Crippen LogP contribution is -2.30. The molecule has 0 rings (SSSR count). The van der Waals surface area contributed by atoms with Crippen LogP contribution < -0.4 is 0 Å². The normalized spacial score (nSPS) is 12.6. The summed E-state index contributed by atoms with van der Waals surface area (Å²) in [5, 5.41) is 0. The first kappa shape index (κ1) is 72.6. The summed E-state index contributed by atoms with van der Waals surface area (Å²) in [6, 6.07) is 0. The molecule has 0 aromatic carbocycles. The Morgan fingerprint density at radius 1 is 0.276 bits per heavy atom. The Kier molecular flexibility index (Phi) is 61.2. The predicted octanol–water partition coefficient (Wildman–Crippen LogP) is 22.3. The lowest BCUT2D eigenvalue weighted by Gasteiger charge is -2.18. The van der Waals surface area contributed by atoms with Gasteiger partial charge in [-0.3, -0.25) is 14.4 Å². The summed E-state index contributed by atoms with van der Waals surface area (Å²) < 4.78 is 16.9. The molecule has 0 aromatic rings. The maximum atomic E-state index is 12.9. The van der Waals surface area contributed by atoms with Gasteiger partial charge < -0.3 is 14.2 Å². The first-order valence-electron chi connectivity index (χ1n) is 32.6. The van der Waals surface area contributed by atoms with Gasteiger partial charge in [0.25, 0.3) is 0 Å². The fourth-order valence-corrected chi connectivity index (χ4v) is 9.27. The fraction of sp³-hybridized carbons (Fsp3) is 0.757. The Bertz CT molecular complexity index is 1450. The fourth-order valence-electron chi connectivity index (χ4n) is 9.27. The maximum Gasteiger partial charge on any atom is 0.306 e. The topological polar surface area (TPSA) is 78.9 Å². The van der Waals surface area contributed by atoms with Gasteiger partial charge in [0.1, 0.15) is 13.2 Å². The van der Waals surface area contributed by atoms with E-state index < -0.39 is 6.10 Å². The van der Waals surface area contributed by atoms with E-state index in [-0.39, 0.29) is 31.1 Å². The van der Waals surface area contributed by atoms with Crippen LogP contribution in [-0.4, -0.2) is 37.2 Å². The van der Waals surface area contributed by atoms with Gasteiger partial charge in [0, 0.05) is 19.3 Å². The molecule has 0 fully saturated rings. The number of unbranched alkanes of at least 4 members (excludes halogenated alkanes) is 34. The van der Waals surface area contributed by atoms with Gasteiger partial charge in [-0.2, -0.15) is 0 Å².